The van der Waals surface area contributed by atoms with Crippen molar-refractivity contribution < 1.29 is 9.90 Å². The van der Waals surface area contributed by atoms with E-state index in [2.05, 4.69) is 24.0 Å². The Morgan fingerprint density at radius 1 is 1.42 bits per heavy atom. The highest BCUT2D eigenvalue weighted by molar-refractivity contribution is 5.78. The molecule has 0 aromatic heterocycles. The third-order valence-electron chi connectivity index (χ3n) is 3.70. The lowest BCUT2D eigenvalue weighted by Crippen LogP contribution is -2.47. The molecule has 0 aliphatic rings. The number of aryl methyl sites for hydroxylation is 1. The molecule has 1 unspecified atom stereocenters. The Morgan fingerprint density at radius 2 is 2.05 bits per heavy atom. The summed E-state index contributed by atoms with van der Waals surface area (Å²) in [4.78, 5) is 13.3. The van der Waals surface area contributed by atoms with E-state index in [1.807, 2.05) is 26.1 Å². The summed E-state index contributed by atoms with van der Waals surface area (Å²) >= 11 is 0. The zero-order valence-electron chi connectivity index (χ0n) is 12.0. The summed E-state index contributed by atoms with van der Waals surface area (Å²) < 4.78 is 0. The smallest absolute Gasteiger partial charge is 0.323 e. The maximum absolute atomic E-state index is 11.1. The number of nitrogens with two attached hydrogens (primary N) is 1. The van der Waals surface area contributed by atoms with Gasteiger partial charge in [-0.1, -0.05) is 25.1 Å². The second kappa shape index (κ2) is 6.57. The van der Waals surface area contributed by atoms with Gasteiger partial charge in [-0.25, -0.2) is 0 Å². The van der Waals surface area contributed by atoms with E-state index >= 15 is 0 Å². The summed E-state index contributed by atoms with van der Waals surface area (Å²) in [6.45, 7) is 4.69. The number of hydrogen-bond donors (Lipinski definition) is 2. The SMILES string of the molecule is CCC(N)(CCCN(C)c1ccccc1C)C(=O)O. The van der Waals surface area contributed by atoms with Crippen LogP contribution in [0.2, 0.25) is 0 Å². The highest BCUT2D eigenvalue weighted by Gasteiger charge is 2.31. The van der Waals surface area contributed by atoms with E-state index in [-0.39, 0.29) is 0 Å². The lowest BCUT2D eigenvalue weighted by Gasteiger charge is -2.26. The molecule has 0 radical (unpaired) electrons. The molecule has 3 N–H and O–H groups in total. The van der Waals surface area contributed by atoms with Crippen LogP contribution in [0, 0.1) is 6.92 Å². The second-order valence-corrected chi connectivity index (χ2v) is 5.13. The van der Waals surface area contributed by atoms with Crippen LogP contribution in [0.3, 0.4) is 0 Å². The van der Waals surface area contributed by atoms with Gasteiger partial charge in [0.2, 0.25) is 0 Å². The third kappa shape index (κ3) is 3.96. The number of rotatable bonds is 7. The number of para-hydroxylation sites is 1. The summed E-state index contributed by atoms with van der Waals surface area (Å²) in [5, 5.41) is 9.12. The highest BCUT2D eigenvalue weighted by Crippen LogP contribution is 2.20. The van der Waals surface area contributed by atoms with Gasteiger partial charge in [0, 0.05) is 19.3 Å². The van der Waals surface area contributed by atoms with Crippen LogP contribution in [0.25, 0.3) is 0 Å². The molecule has 0 aliphatic heterocycles. The van der Waals surface area contributed by atoms with Gasteiger partial charge in [0.1, 0.15) is 5.54 Å². The van der Waals surface area contributed by atoms with Crippen LogP contribution in [0.4, 0.5) is 5.69 Å². The van der Waals surface area contributed by atoms with Crippen molar-refractivity contribution in [3.05, 3.63) is 29.8 Å². The molecule has 1 atom stereocenters. The van der Waals surface area contributed by atoms with Crippen molar-refractivity contribution >= 4 is 11.7 Å². The number of carboxylic acid groups (broad SMARTS) is 1. The largest absolute Gasteiger partial charge is 0.480 e. The number of anilines is 1. The van der Waals surface area contributed by atoms with E-state index < -0.39 is 11.5 Å². The predicted octanol–water partition coefficient (Wildman–Crippen LogP) is 2.40. The lowest BCUT2D eigenvalue weighted by molar-refractivity contribution is -0.143. The zero-order valence-corrected chi connectivity index (χ0v) is 12.0. The molecule has 19 heavy (non-hydrogen) atoms. The summed E-state index contributed by atoms with van der Waals surface area (Å²) in [5.41, 5.74) is 7.18. The molecule has 1 aromatic carbocycles. The average Bonchev–Trinajstić information content (AvgIpc) is 2.38. The molecule has 0 saturated carbocycles. The number of carboxylic acids is 1. The van der Waals surface area contributed by atoms with Gasteiger partial charge in [0.25, 0.3) is 0 Å². The zero-order chi connectivity index (χ0) is 14.5. The van der Waals surface area contributed by atoms with Gasteiger partial charge in [-0.05, 0) is 37.8 Å². The van der Waals surface area contributed by atoms with Crippen LogP contribution in [0.15, 0.2) is 24.3 Å². The van der Waals surface area contributed by atoms with Gasteiger partial charge in [0.05, 0.1) is 0 Å². The molecule has 0 heterocycles. The van der Waals surface area contributed by atoms with E-state index in [0.717, 1.165) is 13.0 Å². The number of hydrogen-bond acceptors (Lipinski definition) is 3. The summed E-state index contributed by atoms with van der Waals surface area (Å²) in [6.07, 6.45) is 1.72. The van der Waals surface area contributed by atoms with Crippen molar-refractivity contribution in [3.8, 4) is 0 Å². The van der Waals surface area contributed by atoms with Crippen molar-refractivity contribution in [1.82, 2.24) is 0 Å². The quantitative estimate of drug-likeness (QED) is 0.793. The molecule has 1 rings (SSSR count). The maximum Gasteiger partial charge on any atom is 0.323 e. The van der Waals surface area contributed by atoms with E-state index in [9.17, 15) is 4.79 Å². The highest BCUT2D eigenvalue weighted by atomic mass is 16.4. The first kappa shape index (κ1) is 15.5. The molecule has 0 aliphatic carbocycles. The molecule has 0 fully saturated rings. The Kier molecular flexibility index (Phi) is 5.36. The fraction of sp³-hybridized carbons (Fsp3) is 0.533. The first-order valence-electron chi connectivity index (χ1n) is 6.70. The lowest BCUT2D eigenvalue weighted by atomic mass is 9.92. The Labute approximate surface area is 115 Å². The van der Waals surface area contributed by atoms with Crippen LogP contribution < -0.4 is 10.6 Å². The first-order chi connectivity index (χ1) is 8.90. The molecule has 4 heteroatoms. The minimum absolute atomic E-state index is 0.455. The summed E-state index contributed by atoms with van der Waals surface area (Å²) in [5.74, 6) is -0.909. The molecule has 106 valence electrons. The van der Waals surface area contributed by atoms with Crippen molar-refractivity contribution in [2.24, 2.45) is 5.73 Å². The minimum atomic E-state index is -1.09. The van der Waals surface area contributed by atoms with Gasteiger partial charge in [-0.15, -0.1) is 0 Å². The van der Waals surface area contributed by atoms with Gasteiger partial charge in [-0.3, -0.25) is 4.79 Å². The first-order valence-corrected chi connectivity index (χ1v) is 6.70. The average molecular weight is 264 g/mol. The number of benzene rings is 1. The molecule has 1 aromatic rings. The van der Waals surface area contributed by atoms with Gasteiger partial charge >= 0.3 is 5.97 Å². The summed E-state index contributed by atoms with van der Waals surface area (Å²) in [6, 6.07) is 8.17. The van der Waals surface area contributed by atoms with E-state index in [4.69, 9.17) is 10.8 Å². The van der Waals surface area contributed by atoms with Crippen molar-refractivity contribution in [2.75, 3.05) is 18.5 Å². The molecular weight excluding hydrogens is 240 g/mol. The Balaban J connectivity index is 2.54. The standard InChI is InChI=1S/C15H24N2O2/c1-4-15(16,14(18)19)10-7-11-17(3)13-9-6-5-8-12(13)2/h5-6,8-9H,4,7,10-11,16H2,1-3H3,(H,18,19). The Bertz CT molecular complexity index is 434. The van der Waals surface area contributed by atoms with E-state index in [0.29, 0.717) is 12.8 Å². The molecular formula is C15H24N2O2. The Hall–Kier alpha value is -1.55. The van der Waals surface area contributed by atoms with Crippen molar-refractivity contribution in [2.45, 2.75) is 38.6 Å². The van der Waals surface area contributed by atoms with Gasteiger partial charge in [0.15, 0.2) is 0 Å². The molecule has 0 bridgehead atoms. The van der Waals surface area contributed by atoms with Crippen molar-refractivity contribution in [3.63, 3.8) is 0 Å². The van der Waals surface area contributed by atoms with E-state index in [1.54, 1.807) is 0 Å². The molecule has 0 saturated heterocycles. The monoisotopic (exact) mass is 264 g/mol. The van der Waals surface area contributed by atoms with Crippen LogP contribution in [0.1, 0.15) is 31.7 Å². The predicted molar refractivity (Wildman–Crippen MR) is 78.5 cm³/mol. The van der Waals surface area contributed by atoms with Crippen LogP contribution >= 0.6 is 0 Å². The molecule has 0 amide bonds. The number of aliphatic carboxylic acids is 1. The van der Waals surface area contributed by atoms with Gasteiger partial charge < -0.3 is 15.7 Å². The van der Waals surface area contributed by atoms with Crippen LogP contribution in [-0.2, 0) is 4.79 Å². The molecule has 4 nitrogen and oxygen atoms in total. The maximum atomic E-state index is 11.1. The Morgan fingerprint density at radius 3 is 2.58 bits per heavy atom. The second-order valence-electron chi connectivity index (χ2n) is 5.13. The number of nitrogens with zero attached hydrogens (tertiary/aromatic N) is 1. The van der Waals surface area contributed by atoms with Crippen molar-refractivity contribution in [1.29, 1.82) is 0 Å². The fourth-order valence-corrected chi connectivity index (χ4v) is 2.18. The minimum Gasteiger partial charge on any atom is -0.480 e. The summed E-state index contributed by atoms with van der Waals surface area (Å²) in [7, 11) is 2.02. The normalized spacial score (nSPS) is 13.9. The van der Waals surface area contributed by atoms with E-state index in [1.165, 1.54) is 11.3 Å². The van der Waals surface area contributed by atoms with Crippen LogP contribution in [-0.4, -0.2) is 30.2 Å². The topological polar surface area (TPSA) is 66.6 Å². The third-order valence-corrected chi connectivity index (χ3v) is 3.70. The molecule has 0 spiro atoms. The number of carbonyl (C=O) groups is 1. The van der Waals surface area contributed by atoms with Crippen LogP contribution in [0.5, 0.6) is 0 Å². The van der Waals surface area contributed by atoms with Gasteiger partial charge in [-0.2, -0.15) is 0 Å². The fourth-order valence-electron chi connectivity index (χ4n) is 2.18.